The van der Waals surface area contributed by atoms with Crippen LogP contribution in [0, 0.1) is 0 Å². The molecule has 2 aromatic heterocycles. The average molecular weight is 494 g/mol. The van der Waals surface area contributed by atoms with E-state index >= 15 is 0 Å². The van der Waals surface area contributed by atoms with Gasteiger partial charge in [-0.1, -0.05) is 49.4 Å². The number of nitrogens with one attached hydrogen (secondary N) is 1. The normalized spacial score (nSPS) is 12.1. The molecule has 0 spiro atoms. The molecule has 1 amide bonds. The maximum Gasteiger partial charge on any atom is 0.255 e. The standard InChI is InChI=1S/C31H31N3O3/c1-3-14-37-30-13-12-21(23-15-22-8-4-6-10-28(22)32-18-23)17-27(30)31(36)33-25(20-35)16-24-19-34(2)29-11-7-5-9-26(24)29/h4-13,15,17-19,25,35H,3,14,16,20H2,1-2H3,(H,33,36). The second kappa shape index (κ2) is 10.8. The van der Waals surface area contributed by atoms with E-state index in [9.17, 15) is 9.90 Å². The third-order valence-corrected chi connectivity index (χ3v) is 6.61. The van der Waals surface area contributed by atoms with E-state index in [2.05, 4.69) is 39.3 Å². The van der Waals surface area contributed by atoms with Crippen molar-refractivity contribution >= 4 is 27.7 Å². The number of para-hydroxylation sites is 2. The second-order valence-electron chi connectivity index (χ2n) is 9.32. The Balaban J connectivity index is 1.43. The van der Waals surface area contributed by atoms with Gasteiger partial charge in [-0.15, -0.1) is 0 Å². The fourth-order valence-corrected chi connectivity index (χ4v) is 4.73. The molecule has 0 aliphatic heterocycles. The van der Waals surface area contributed by atoms with E-state index in [1.54, 1.807) is 0 Å². The predicted octanol–water partition coefficient (Wildman–Crippen LogP) is 5.52. The van der Waals surface area contributed by atoms with Crippen molar-refractivity contribution in [3.63, 3.8) is 0 Å². The Kier molecular flexibility index (Phi) is 7.19. The highest BCUT2D eigenvalue weighted by Gasteiger charge is 2.20. The van der Waals surface area contributed by atoms with Crippen molar-refractivity contribution in [1.29, 1.82) is 0 Å². The number of rotatable bonds is 9. The number of aromatic nitrogens is 2. The van der Waals surface area contributed by atoms with Gasteiger partial charge in [0.2, 0.25) is 0 Å². The number of pyridine rings is 1. The minimum atomic E-state index is -0.441. The number of benzene rings is 3. The molecule has 37 heavy (non-hydrogen) atoms. The Bertz CT molecular complexity index is 1560. The molecule has 0 aliphatic rings. The number of amides is 1. The van der Waals surface area contributed by atoms with Gasteiger partial charge in [0, 0.05) is 41.3 Å². The number of aliphatic hydroxyl groups excluding tert-OH is 1. The van der Waals surface area contributed by atoms with Crippen molar-refractivity contribution in [2.45, 2.75) is 25.8 Å². The summed E-state index contributed by atoms with van der Waals surface area (Å²) in [5.41, 5.74) is 5.36. The van der Waals surface area contributed by atoms with Gasteiger partial charge in [0.25, 0.3) is 5.91 Å². The number of ether oxygens (including phenoxy) is 1. The third-order valence-electron chi connectivity index (χ3n) is 6.61. The number of hydrogen-bond acceptors (Lipinski definition) is 4. The molecule has 188 valence electrons. The number of aryl methyl sites for hydroxylation is 1. The van der Waals surface area contributed by atoms with Gasteiger partial charge in [-0.3, -0.25) is 9.78 Å². The maximum atomic E-state index is 13.5. The largest absolute Gasteiger partial charge is 0.493 e. The zero-order chi connectivity index (χ0) is 25.8. The molecule has 5 aromatic rings. The van der Waals surface area contributed by atoms with Gasteiger partial charge in [0.15, 0.2) is 0 Å². The Hall–Kier alpha value is -4.16. The quantitative estimate of drug-likeness (QED) is 0.284. The number of fused-ring (bicyclic) bond motifs is 2. The van der Waals surface area contributed by atoms with E-state index in [1.165, 1.54) is 0 Å². The highest BCUT2D eigenvalue weighted by molar-refractivity contribution is 5.99. The summed E-state index contributed by atoms with van der Waals surface area (Å²) < 4.78 is 7.99. The lowest BCUT2D eigenvalue weighted by atomic mass is 10.0. The molecule has 6 nitrogen and oxygen atoms in total. The van der Waals surface area contributed by atoms with Gasteiger partial charge in [0.1, 0.15) is 5.75 Å². The summed E-state index contributed by atoms with van der Waals surface area (Å²) in [7, 11) is 2.00. The fraction of sp³-hybridized carbons (Fsp3) is 0.226. The Morgan fingerprint density at radius 1 is 1.05 bits per heavy atom. The van der Waals surface area contributed by atoms with Crippen molar-refractivity contribution < 1.29 is 14.6 Å². The zero-order valence-electron chi connectivity index (χ0n) is 21.1. The minimum absolute atomic E-state index is 0.172. The lowest BCUT2D eigenvalue weighted by Gasteiger charge is -2.18. The maximum absolute atomic E-state index is 13.5. The third kappa shape index (κ3) is 5.20. The van der Waals surface area contributed by atoms with Gasteiger partial charge in [-0.2, -0.15) is 0 Å². The first-order valence-corrected chi connectivity index (χ1v) is 12.6. The fourth-order valence-electron chi connectivity index (χ4n) is 4.73. The molecular formula is C31H31N3O3. The molecule has 1 unspecified atom stereocenters. The smallest absolute Gasteiger partial charge is 0.255 e. The second-order valence-corrected chi connectivity index (χ2v) is 9.32. The van der Waals surface area contributed by atoms with Crippen molar-refractivity contribution in [2.24, 2.45) is 7.05 Å². The number of carbonyl (C=O) groups excluding carboxylic acids is 1. The summed E-state index contributed by atoms with van der Waals surface area (Å²) in [5, 5.41) is 15.3. The average Bonchev–Trinajstić information content (AvgIpc) is 3.26. The predicted molar refractivity (Wildman–Crippen MR) is 148 cm³/mol. The van der Waals surface area contributed by atoms with Gasteiger partial charge in [-0.25, -0.2) is 0 Å². The van der Waals surface area contributed by atoms with Crippen LogP contribution in [-0.2, 0) is 13.5 Å². The zero-order valence-corrected chi connectivity index (χ0v) is 21.1. The monoisotopic (exact) mass is 493 g/mol. The summed E-state index contributed by atoms with van der Waals surface area (Å²) in [6, 6.07) is 23.4. The van der Waals surface area contributed by atoms with Crippen molar-refractivity contribution in [2.75, 3.05) is 13.2 Å². The number of aliphatic hydroxyl groups is 1. The number of hydrogen-bond donors (Lipinski definition) is 2. The molecule has 0 radical (unpaired) electrons. The minimum Gasteiger partial charge on any atom is -0.493 e. The Morgan fingerprint density at radius 3 is 2.70 bits per heavy atom. The number of carbonyl (C=O) groups is 1. The van der Waals surface area contributed by atoms with Crippen molar-refractivity contribution in [3.05, 3.63) is 96.3 Å². The molecule has 0 fully saturated rings. The molecule has 0 bridgehead atoms. The molecule has 1 atom stereocenters. The van der Waals surface area contributed by atoms with Crippen LogP contribution >= 0.6 is 0 Å². The van der Waals surface area contributed by atoms with E-state index in [1.807, 2.05) is 74.8 Å². The van der Waals surface area contributed by atoms with E-state index in [0.29, 0.717) is 24.3 Å². The highest BCUT2D eigenvalue weighted by Crippen LogP contribution is 2.29. The first-order chi connectivity index (χ1) is 18.1. The molecule has 5 rings (SSSR count). The van der Waals surface area contributed by atoms with Crippen molar-refractivity contribution in [3.8, 4) is 16.9 Å². The van der Waals surface area contributed by atoms with E-state index in [-0.39, 0.29) is 12.5 Å². The lowest BCUT2D eigenvalue weighted by molar-refractivity contribution is 0.0912. The first-order valence-electron chi connectivity index (χ1n) is 12.6. The molecule has 0 saturated carbocycles. The first kappa shape index (κ1) is 24.5. The summed E-state index contributed by atoms with van der Waals surface area (Å²) >= 11 is 0. The van der Waals surface area contributed by atoms with Crippen LogP contribution in [0.2, 0.25) is 0 Å². The van der Waals surface area contributed by atoms with Crippen LogP contribution in [0.1, 0.15) is 29.3 Å². The van der Waals surface area contributed by atoms with Gasteiger partial charge >= 0.3 is 0 Å². The molecule has 6 heteroatoms. The molecule has 0 aliphatic carbocycles. The van der Waals surface area contributed by atoms with E-state index in [0.717, 1.165) is 44.9 Å². The molecule has 2 heterocycles. The van der Waals surface area contributed by atoms with Crippen LogP contribution in [0.25, 0.3) is 32.9 Å². The number of nitrogens with zero attached hydrogens (tertiary/aromatic N) is 2. The van der Waals surface area contributed by atoms with Crippen LogP contribution in [0.15, 0.2) is 85.2 Å². The molecule has 2 N–H and O–H groups in total. The summed E-state index contributed by atoms with van der Waals surface area (Å²) in [6.45, 7) is 2.37. The van der Waals surface area contributed by atoms with Crippen LogP contribution in [0.3, 0.4) is 0 Å². The van der Waals surface area contributed by atoms with Crippen LogP contribution < -0.4 is 10.1 Å². The summed E-state index contributed by atoms with van der Waals surface area (Å²) in [5.74, 6) is 0.250. The summed E-state index contributed by atoms with van der Waals surface area (Å²) in [4.78, 5) is 18.1. The van der Waals surface area contributed by atoms with E-state index in [4.69, 9.17) is 4.74 Å². The molecule has 3 aromatic carbocycles. The Labute approximate surface area is 216 Å². The van der Waals surface area contributed by atoms with Crippen molar-refractivity contribution in [1.82, 2.24) is 14.9 Å². The topological polar surface area (TPSA) is 76.4 Å². The van der Waals surface area contributed by atoms with Gasteiger partial charge in [-0.05, 0) is 54.3 Å². The highest BCUT2D eigenvalue weighted by atomic mass is 16.5. The van der Waals surface area contributed by atoms with E-state index < -0.39 is 6.04 Å². The molecule has 0 saturated heterocycles. The van der Waals surface area contributed by atoms with Gasteiger partial charge < -0.3 is 19.7 Å². The molecular weight excluding hydrogens is 462 g/mol. The van der Waals surface area contributed by atoms with Crippen LogP contribution in [-0.4, -0.2) is 39.8 Å². The van der Waals surface area contributed by atoms with Crippen LogP contribution in [0.5, 0.6) is 5.75 Å². The van der Waals surface area contributed by atoms with Crippen LogP contribution in [0.4, 0.5) is 0 Å². The van der Waals surface area contributed by atoms with Gasteiger partial charge in [0.05, 0.1) is 30.3 Å². The lowest BCUT2D eigenvalue weighted by Crippen LogP contribution is -2.39. The summed E-state index contributed by atoms with van der Waals surface area (Å²) in [6.07, 6.45) is 5.23. The SMILES string of the molecule is CCCOc1ccc(-c2cnc3ccccc3c2)cc1C(=O)NC(CO)Cc1cn(C)c2ccccc12. The Morgan fingerprint density at radius 2 is 1.86 bits per heavy atom.